The molecule has 0 fully saturated rings. The minimum Gasteiger partial charge on any atom is -0.423 e. The first kappa shape index (κ1) is 11.4. The fourth-order valence-corrected chi connectivity index (χ4v) is 1.51. The van der Waals surface area contributed by atoms with Crippen molar-refractivity contribution in [2.45, 2.75) is 6.61 Å². The highest BCUT2D eigenvalue weighted by atomic mass is 16.5. The minimum absolute atomic E-state index is 0.180. The number of carbonyl (C=O) groups excluding carboxylic acids is 1. The molecule has 0 spiro atoms. The van der Waals surface area contributed by atoms with Crippen LogP contribution in [0.3, 0.4) is 0 Å². The third kappa shape index (κ3) is 2.71. The van der Waals surface area contributed by atoms with Gasteiger partial charge in [0.1, 0.15) is 5.75 Å². The molecule has 0 unspecified atom stereocenters. The van der Waals surface area contributed by atoms with Crippen LogP contribution in [-0.2, 0) is 6.61 Å². The van der Waals surface area contributed by atoms with E-state index in [4.69, 9.17) is 9.84 Å². The van der Waals surface area contributed by atoms with Crippen molar-refractivity contribution in [3.63, 3.8) is 0 Å². The largest absolute Gasteiger partial charge is 0.423 e. The van der Waals surface area contributed by atoms with Crippen LogP contribution in [0.5, 0.6) is 5.75 Å². The van der Waals surface area contributed by atoms with E-state index in [1.165, 1.54) is 0 Å². The summed E-state index contributed by atoms with van der Waals surface area (Å²) in [5.74, 6) is 0.0334. The van der Waals surface area contributed by atoms with E-state index in [-0.39, 0.29) is 6.61 Å². The van der Waals surface area contributed by atoms with Crippen molar-refractivity contribution >= 4 is 5.97 Å². The first-order valence-electron chi connectivity index (χ1n) is 5.27. The normalized spacial score (nSPS) is 9.94. The van der Waals surface area contributed by atoms with E-state index in [2.05, 4.69) is 0 Å². The van der Waals surface area contributed by atoms with Gasteiger partial charge in [0.2, 0.25) is 0 Å². The van der Waals surface area contributed by atoms with Crippen molar-refractivity contribution in [3.05, 3.63) is 65.7 Å². The van der Waals surface area contributed by atoms with Gasteiger partial charge in [-0.1, -0.05) is 36.4 Å². The van der Waals surface area contributed by atoms with Crippen molar-refractivity contribution < 1.29 is 14.6 Å². The second-order valence-corrected chi connectivity index (χ2v) is 3.52. The van der Waals surface area contributed by atoms with Gasteiger partial charge < -0.3 is 9.84 Å². The fourth-order valence-electron chi connectivity index (χ4n) is 1.51. The average Bonchev–Trinajstić information content (AvgIpc) is 2.40. The van der Waals surface area contributed by atoms with Gasteiger partial charge in [-0.05, 0) is 23.8 Å². The van der Waals surface area contributed by atoms with Crippen molar-refractivity contribution in [1.82, 2.24) is 0 Å². The van der Waals surface area contributed by atoms with Crippen molar-refractivity contribution in [3.8, 4) is 5.75 Å². The molecule has 1 N–H and O–H groups in total. The zero-order valence-corrected chi connectivity index (χ0v) is 9.17. The number of rotatable bonds is 3. The summed E-state index contributed by atoms with van der Waals surface area (Å²) in [7, 11) is 0. The molecule has 2 aromatic carbocycles. The first-order valence-corrected chi connectivity index (χ1v) is 5.27. The summed E-state index contributed by atoms with van der Waals surface area (Å²) >= 11 is 0. The molecule has 0 aliphatic heterocycles. The lowest BCUT2D eigenvalue weighted by Gasteiger charge is -2.07. The summed E-state index contributed by atoms with van der Waals surface area (Å²) in [5.41, 5.74) is 0.951. The SMILES string of the molecule is O=C(Oc1ccccc1)c1ccccc1CO. The molecule has 0 radical (unpaired) electrons. The lowest BCUT2D eigenvalue weighted by Crippen LogP contribution is -2.11. The van der Waals surface area contributed by atoms with Gasteiger partial charge in [-0.2, -0.15) is 0 Å². The molecule has 2 aromatic rings. The molecule has 3 nitrogen and oxygen atoms in total. The Morgan fingerprint density at radius 2 is 1.65 bits per heavy atom. The maximum absolute atomic E-state index is 11.9. The van der Waals surface area contributed by atoms with Gasteiger partial charge >= 0.3 is 5.97 Å². The summed E-state index contributed by atoms with van der Waals surface area (Å²) < 4.78 is 5.19. The predicted octanol–water partition coefficient (Wildman–Crippen LogP) is 2.40. The quantitative estimate of drug-likeness (QED) is 0.648. The van der Waals surface area contributed by atoms with E-state index in [1.54, 1.807) is 48.5 Å². The first-order chi connectivity index (χ1) is 8.31. The van der Waals surface area contributed by atoms with Crippen LogP contribution >= 0.6 is 0 Å². The predicted molar refractivity (Wildman–Crippen MR) is 63.8 cm³/mol. The Labute approximate surface area is 99.3 Å². The number of hydrogen-bond acceptors (Lipinski definition) is 3. The Morgan fingerprint density at radius 3 is 2.35 bits per heavy atom. The Bertz CT molecular complexity index is 506. The number of para-hydroxylation sites is 1. The molecule has 86 valence electrons. The molecule has 0 saturated carbocycles. The van der Waals surface area contributed by atoms with Crippen molar-refractivity contribution in [2.24, 2.45) is 0 Å². The lowest BCUT2D eigenvalue weighted by molar-refractivity contribution is 0.0731. The molecule has 0 amide bonds. The Morgan fingerprint density at radius 1 is 1.00 bits per heavy atom. The van der Waals surface area contributed by atoms with Gasteiger partial charge in [-0.25, -0.2) is 4.79 Å². The Kier molecular flexibility index (Phi) is 3.52. The lowest BCUT2D eigenvalue weighted by atomic mass is 10.1. The second kappa shape index (κ2) is 5.27. The molecular weight excluding hydrogens is 216 g/mol. The fraction of sp³-hybridized carbons (Fsp3) is 0.0714. The molecule has 0 atom stereocenters. The standard InChI is InChI=1S/C14H12O3/c15-10-11-6-4-5-9-13(11)14(16)17-12-7-2-1-3-8-12/h1-9,15H,10H2. The summed E-state index contributed by atoms with van der Waals surface area (Å²) in [6, 6.07) is 15.7. The van der Waals surface area contributed by atoms with Gasteiger partial charge in [-0.15, -0.1) is 0 Å². The van der Waals surface area contributed by atoms with E-state index < -0.39 is 5.97 Å². The van der Waals surface area contributed by atoms with Crippen LogP contribution in [0.2, 0.25) is 0 Å². The molecule has 0 heterocycles. The highest BCUT2D eigenvalue weighted by molar-refractivity contribution is 5.92. The minimum atomic E-state index is -0.458. The van der Waals surface area contributed by atoms with Crippen LogP contribution < -0.4 is 4.74 Å². The second-order valence-electron chi connectivity index (χ2n) is 3.52. The van der Waals surface area contributed by atoms with E-state index in [1.807, 2.05) is 6.07 Å². The van der Waals surface area contributed by atoms with E-state index in [0.29, 0.717) is 16.9 Å². The number of hydrogen-bond donors (Lipinski definition) is 1. The summed E-state index contributed by atoms with van der Waals surface area (Å²) in [5, 5.41) is 9.13. The molecule has 0 aliphatic carbocycles. The van der Waals surface area contributed by atoms with Crippen LogP contribution in [0.1, 0.15) is 15.9 Å². The number of esters is 1. The van der Waals surface area contributed by atoms with Crippen LogP contribution in [0.25, 0.3) is 0 Å². The van der Waals surface area contributed by atoms with E-state index in [0.717, 1.165) is 0 Å². The number of carbonyl (C=O) groups is 1. The zero-order chi connectivity index (χ0) is 12.1. The number of benzene rings is 2. The number of ether oxygens (including phenoxy) is 1. The number of aliphatic hydroxyl groups is 1. The highest BCUT2D eigenvalue weighted by Gasteiger charge is 2.12. The molecule has 0 aromatic heterocycles. The molecule has 0 saturated heterocycles. The molecule has 0 bridgehead atoms. The molecule has 17 heavy (non-hydrogen) atoms. The number of aliphatic hydroxyl groups excluding tert-OH is 1. The van der Waals surface area contributed by atoms with Gasteiger partial charge in [-0.3, -0.25) is 0 Å². The van der Waals surface area contributed by atoms with Gasteiger partial charge in [0.15, 0.2) is 0 Å². The maximum Gasteiger partial charge on any atom is 0.343 e. The highest BCUT2D eigenvalue weighted by Crippen LogP contribution is 2.14. The molecule has 3 heteroatoms. The molecule has 2 rings (SSSR count). The summed E-state index contributed by atoms with van der Waals surface area (Å²) in [4.78, 5) is 11.9. The van der Waals surface area contributed by atoms with Crippen LogP contribution in [0.15, 0.2) is 54.6 Å². The van der Waals surface area contributed by atoms with Gasteiger partial charge in [0.25, 0.3) is 0 Å². The van der Waals surface area contributed by atoms with E-state index >= 15 is 0 Å². The van der Waals surface area contributed by atoms with Gasteiger partial charge in [0.05, 0.1) is 12.2 Å². The van der Waals surface area contributed by atoms with E-state index in [9.17, 15) is 4.79 Å². The topological polar surface area (TPSA) is 46.5 Å². The maximum atomic E-state index is 11.9. The van der Waals surface area contributed by atoms with Gasteiger partial charge in [0, 0.05) is 0 Å². The third-order valence-corrected chi connectivity index (χ3v) is 2.36. The molecular formula is C14H12O3. The Balaban J connectivity index is 2.20. The summed E-state index contributed by atoms with van der Waals surface area (Å²) in [6.07, 6.45) is 0. The zero-order valence-electron chi connectivity index (χ0n) is 9.17. The smallest absolute Gasteiger partial charge is 0.343 e. The molecule has 0 aliphatic rings. The monoisotopic (exact) mass is 228 g/mol. The van der Waals surface area contributed by atoms with Crippen LogP contribution in [0.4, 0.5) is 0 Å². The Hall–Kier alpha value is -2.13. The van der Waals surface area contributed by atoms with Crippen LogP contribution in [0, 0.1) is 0 Å². The van der Waals surface area contributed by atoms with Crippen molar-refractivity contribution in [1.29, 1.82) is 0 Å². The average molecular weight is 228 g/mol. The van der Waals surface area contributed by atoms with Crippen molar-refractivity contribution in [2.75, 3.05) is 0 Å². The third-order valence-electron chi connectivity index (χ3n) is 2.36. The van der Waals surface area contributed by atoms with Crippen LogP contribution in [-0.4, -0.2) is 11.1 Å². The summed E-state index contributed by atoms with van der Waals surface area (Å²) in [6.45, 7) is -0.180.